The van der Waals surface area contributed by atoms with Crippen LogP contribution >= 0.6 is 0 Å². The van der Waals surface area contributed by atoms with E-state index in [1.165, 1.54) is 18.4 Å². The molecule has 17 heavy (non-hydrogen) atoms. The highest BCUT2D eigenvalue weighted by molar-refractivity contribution is 5.92. The number of fused-ring (bicyclic) bond motifs is 1. The average molecular weight is 234 g/mol. The zero-order valence-electron chi connectivity index (χ0n) is 8.87. The van der Waals surface area contributed by atoms with Crippen LogP contribution < -0.4 is 0 Å². The lowest BCUT2D eigenvalue weighted by Gasteiger charge is -2.09. The minimum atomic E-state index is -0.743. The SMILES string of the molecule is O=C1C=CC(OC=C2C(=O)O[C@@H]3CC=C[C@H]23)O1. The van der Waals surface area contributed by atoms with Gasteiger partial charge in [-0.2, -0.15) is 0 Å². The maximum atomic E-state index is 11.5. The third-order valence-corrected chi connectivity index (χ3v) is 2.92. The Balaban J connectivity index is 1.71. The average Bonchev–Trinajstić information content (AvgIpc) is 2.93. The largest absolute Gasteiger partial charge is 0.458 e. The van der Waals surface area contributed by atoms with Crippen molar-refractivity contribution in [3.8, 4) is 0 Å². The van der Waals surface area contributed by atoms with E-state index in [2.05, 4.69) is 0 Å². The zero-order valence-corrected chi connectivity index (χ0v) is 8.87. The Bertz CT molecular complexity index is 460. The first-order valence-corrected chi connectivity index (χ1v) is 5.36. The minimum absolute atomic E-state index is 0.0383. The summed E-state index contributed by atoms with van der Waals surface area (Å²) < 4.78 is 15.1. The molecule has 0 radical (unpaired) electrons. The van der Waals surface area contributed by atoms with Gasteiger partial charge in [-0.15, -0.1) is 0 Å². The number of hydrogen-bond donors (Lipinski definition) is 0. The lowest BCUT2D eigenvalue weighted by molar-refractivity contribution is -0.151. The van der Waals surface area contributed by atoms with Crippen molar-refractivity contribution in [3.05, 3.63) is 36.1 Å². The molecular weight excluding hydrogens is 224 g/mol. The molecule has 5 heteroatoms. The van der Waals surface area contributed by atoms with E-state index in [0.717, 1.165) is 6.42 Å². The monoisotopic (exact) mass is 234 g/mol. The third kappa shape index (κ3) is 1.73. The van der Waals surface area contributed by atoms with Gasteiger partial charge in [0.15, 0.2) is 0 Å². The fourth-order valence-electron chi connectivity index (χ4n) is 2.09. The second-order valence-corrected chi connectivity index (χ2v) is 4.01. The zero-order chi connectivity index (χ0) is 11.8. The normalized spacial score (nSPS) is 36.2. The molecule has 0 aromatic rings. The van der Waals surface area contributed by atoms with Crippen LogP contribution in [-0.4, -0.2) is 24.3 Å². The molecule has 3 aliphatic rings. The summed E-state index contributed by atoms with van der Waals surface area (Å²) in [5.41, 5.74) is 0.472. The van der Waals surface area contributed by atoms with Gasteiger partial charge in [-0.05, 0) is 0 Å². The highest BCUT2D eigenvalue weighted by atomic mass is 16.7. The maximum absolute atomic E-state index is 11.5. The van der Waals surface area contributed by atoms with Gasteiger partial charge in [-0.3, -0.25) is 0 Å². The highest BCUT2D eigenvalue weighted by Crippen LogP contribution is 2.35. The fraction of sp³-hybridized carbons (Fsp3) is 0.333. The van der Waals surface area contributed by atoms with E-state index in [1.54, 1.807) is 0 Å². The number of hydrogen-bond acceptors (Lipinski definition) is 5. The summed E-state index contributed by atoms with van der Waals surface area (Å²) in [5.74, 6) is -0.845. The summed E-state index contributed by atoms with van der Waals surface area (Å²) in [4.78, 5) is 22.3. The van der Waals surface area contributed by atoms with Crippen molar-refractivity contribution >= 4 is 11.9 Å². The molecule has 1 unspecified atom stereocenters. The molecular formula is C12H10O5. The molecule has 3 rings (SSSR count). The van der Waals surface area contributed by atoms with Crippen molar-refractivity contribution in [2.45, 2.75) is 18.8 Å². The van der Waals surface area contributed by atoms with Gasteiger partial charge in [0.25, 0.3) is 6.29 Å². The summed E-state index contributed by atoms with van der Waals surface area (Å²) >= 11 is 0. The van der Waals surface area contributed by atoms with Crippen LogP contribution in [0.25, 0.3) is 0 Å². The topological polar surface area (TPSA) is 61.8 Å². The standard InChI is InChI=1S/C12H10O5/c13-10-4-5-11(17-10)15-6-8-7-2-1-3-9(7)16-12(8)14/h1-2,4-7,9,11H,3H2/t7-,9-,11?/m1/s1. The van der Waals surface area contributed by atoms with Gasteiger partial charge in [0.2, 0.25) is 0 Å². The van der Waals surface area contributed by atoms with E-state index < -0.39 is 12.3 Å². The molecule has 88 valence electrons. The first kappa shape index (κ1) is 10.1. The van der Waals surface area contributed by atoms with Crippen LogP contribution in [-0.2, 0) is 23.8 Å². The van der Waals surface area contributed by atoms with Gasteiger partial charge in [0, 0.05) is 24.5 Å². The van der Waals surface area contributed by atoms with Crippen molar-refractivity contribution in [1.29, 1.82) is 0 Å². The molecule has 0 saturated carbocycles. The second kappa shape index (κ2) is 3.76. The molecule has 1 saturated heterocycles. The van der Waals surface area contributed by atoms with Crippen molar-refractivity contribution in [2.24, 2.45) is 5.92 Å². The Hall–Kier alpha value is -2.04. The molecule has 1 aliphatic carbocycles. The third-order valence-electron chi connectivity index (χ3n) is 2.92. The van der Waals surface area contributed by atoms with Crippen LogP contribution in [0.3, 0.4) is 0 Å². The Kier molecular flexibility index (Phi) is 2.24. The lowest BCUT2D eigenvalue weighted by Crippen LogP contribution is -2.11. The van der Waals surface area contributed by atoms with Crippen LogP contribution in [0.5, 0.6) is 0 Å². The van der Waals surface area contributed by atoms with Crippen LogP contribution in [0.1, 0.15) is 6.42 Å². The van der Waals surface area contributed by atoms with E-state index in [1.807, 2.05) is 12.2 Å². The molecule has 0 aromatic carbocycles. The Morgan fingerprint density at radius 3 is 2.94 bits per heavy atom. The van der Waals surface area contributed by atoms with Gasteiger partial charge in [-0.1, -0.05) is 12.2 Å². The van der Waals surface area contributed by atoms with Crippen molar-refractivity contribution in [1.82, 2.24) is 0 Å². The first-order valence-electron chi connectivity index (χ1n) is 5.36. The molecule has 0 aromatic heterocycles. The van der Waals surface area contributed by atoms with Gasteiger partial charge in [0.05, 0.1) is 11.8 Å². The number of esters is 2. The quantitative estimate of drug-likeness (QED) is 0.306. The van der Waals surface area contributed by atoms with Gasteiger partial charge in [-0.25, -0.2) is 9.59 Å². The van der Waals surface area contributed by atoms with Crippen molar-refractivity contribution < 1.29 is 23.8 Å². The van der Waals surface area contributed by atoms with Gasteiger partial charge in [0.1, 0.15) is 6.10 Å². The summed E-state index contributed by atoms with van der Waals surface area (Å²) in [6.07, 6.45) is 7.91. The smallest absolute Gasteiger partial charge is 0.338 e. The number of carbonyl (C=O) groups is 2. The molecule has 0 amide bonds. The van der Waals surface area contributed by atoms with E-state index >= 15 is 0 Å². The maximum Gasteiger partial charge on any atom is 0.338 e. The molecule has 0 bridgehead atoms. The molecule has 2 aliphatic heterocycles. The fourth-order valence-corrected chi connectivity index (χ4v) is 2.09. The van der Waals surface area contributed by atoms with E-state index in [0.29, 0.717) is 5.57 Å². The molecule has 2 heterocycles. The van der Waals surface area contributed by atoms with Crippen molar-refractivity contribution in [2.75, 3.05) is 0 Å². The summed E-state index contributed by atoms with van der Waals surface area (Å²) in [6, 6.07) is 0. The Labute approximate surface area is 97.3 Å². The molecule has 1 fully saturated rings. The molecule has 0 N–H and O–H groups in total. The minimum Gasteiger partial charge on any atom is -0.458 e. The highest BCUT2D eigenvalue weighted by Gasteiger charge is 2.40. The first-order chi connectivity index (χ1) is 8.24. The van der Waals surface area contributed by atoms with Crippen LogP contribution in [0, 0.1) is 5.92 Å². The molecule has 5 nitrogen and oxygen atoms in total. The second-order valence-electron chi connectivity index (χ2n) is 4.01. The Morgan fingerprint density at radius 2 is 2.18 bits per heavy atom. The van der Waals surface area contributed by atoms with Gasteiger partial charge >= 0.3 is 11.9 Å². The van der Waals surface area contributed by atoms with Crippen LogP contribution in [0.4, 0.5) is 0 Å². The molecule has 0 spiro atoms. The Morgan fingerprint density at radius 1 is 1.29 bits per heavy atom. The van der Waals surface area contributed by atoms with Crippen molar-refractivity contribution in [3.63, 3.8) is 0 Å². The summed E-state index contributed by atoms with van der Waals surface area (Å²) in [6.45, 7) is 0. The predicted octanol–water partition coefficient (Wildman–Crippen LogP) is 0.827. The molecule has 3 atom stereocenters. The number of rotatable bonds is 2. The van der Waals surface area contributed by atoms with Crippen LogP contribution in [0.2, 0.25) is 0 Å². The summed E-state index contributed by atoms with van der Waals surface area (Å²) in [5, 5.41) is 0. The number of ether oxygens (including phenoxy) is 3. The van der Waals surface area contributed by atoms with Gasteiger partial charge < -0.3 is 14.2 Å². The van der Waals surface area contributed by atoms with Crippen LogP contribution in [0.15, 0.2) is 36.1 Å². The van der Waals surface area contributed by atoms with E-state index in [9.17, 15) is 9.59 Å². The lowest BCUT2D eigenvalue weighted by atomic mass is 10.0. The number of carbonyl (C=O) groups excluding carboxylic acids is 2. The van der Waals surface area contributed by atoms with E-state index in [-0.39, 0.29) is 18.0 Å². The number of cyclic esters (lactones) is 1. The predicted molar refractivity (Wildman–Crippen MR) is 55.3 cm³/mol. The summed E-state index contributed by atoms with van der Waals surface area (Å²) in [7, 11) is 0. The van der Waals surface area contributed by atoms with E-state index in [4.69, 9.17) is 14.2 Å².